The zero-order chi connectivity index (χ0) is 27.0. The second-order valence-corrected chi connectivity index (χ2v) is 9.92. The predicted molar refractivity (Wildman–Crippen MR) is 144 cm³/mol. The average Bonchev–Trinajstić information content (AvgIpc) is 3.18. The lowest BCUT2D eigenvalue weighted by Crippen LogP contribution is -2.40. The first-order valence-electron chi connectivity index (χ1n) is 12.2. The van der Waals surface area contributed by atoms with Gasteiger partial charge in [-0.3, -0.25) is 14.2 Å². The van der Waals surface area contributed by atoms with Crippen molar-refractivity contribution in [3.8, 4) is 11.5 Å². The van der Waals surface area contributed by atoms with Gasteiger partial charge in [0, 0.05) is 12.5 Å². The highest BCUT2D eigenvalue weighted by Gasteiger charge is 2.33. The minimum atomic E-state index is -0.756. The maximum atomic E-state index is 13.8. The summed E-state index contributed by atoms with van der Waals surface area (Å²) in [7, 11) is 0. The Labute approximate surface area is 222 Å². The Morgan fingerprint density at radius 2 is 1.89 bits per heavy atom. The van der Waals surface area contributed by atoms with Crippen LogP contribution in [0, 0.1) is 0 Å². The molecule has 2 aliphatic heterocycles. The Morgan fingerprint density at radius 3 is 2.61 bits per heavy atom. The highest BCUT2D eigenvalue weighted by atomic mass is 32.1. The van der Waals surface area contributed by atoms with Crippen LogP contribution in [-0.4, -0.2) is 29.2 Å². The normalized spacial score (nSPS) is 18.5. The van der Waals surface area contributed by atoms with Gasteiger partial charge in [-0.2, -0.15) is 0 Å². The lowest BCUT2D eigenvalue weighted by atomic mass is 9.96. The topological polar surface area (TPSA) is 96.2 Å². The summed E-state index contributed by atoms with van der Waals surface area (Å²) in [5.74, 6) is 0.188. The molecule has 1 aromatic heterocycles. The van der Waals surface area contributed by atoms with Crippen molar-refractivity contribution in [3.63, 3.8) is 0 Å². The molecular formula is C29H26N2O6S. The van der Waals surface area contributed by atoms with Crippen LogP contribution in [0.25, 0.3) is 12.2 Å². The molecule has 2 aromatic carbocycles. The molecule has 0 bridgehead atoms. The van der Waals surface area contributed by atoms with Gasteiger partial charge in [-0.15, -0.1) is 0 Å². The number of allylic oxidation sites excluding steroid dienone is 1. The van der Waals surface area contributed by atoms with Gasteiger partial charge in [-0.05, 0) is 62.3 Å². The van der Waals surface area contributed by atoms with Gasteiger partial charge >= 0.3 is 11.9 Å². The van der Waals surface area contributed by atoms with Crippen molar-refractivity contribution in [2.24, 2.45) is 4.99 Å². The van der Waals surface area contributed by atoms with E-state index in [0.29, 0.717) is 26.3 Å². The predicted octanol–water partition coefficient (Wildman–Crippen LogP) is 3.54. The summed E-state index contributed by atoms with van der Waals surface area (Å²) in [4.78, 5) is 43.3. The number of aromatic nitrogens is 1. The molecule has 3 heterocycles. The van der Waals surface area contributed by atoms with Gasteiger partial charge in [0.1, 0.15) is 17.6 Å². The van der Waals surface area contributed by atoms with E-state index in [1.807, 2.05) is 43.3 Å². The number of para-hydroxylation sites is 1. The van der Waals surface area contributed by atoms with Crippen LogP contribution >= 0.6 is 11.3 Å². The maximum Gasteiger partial charge on any atom is 0.338 e. The van der Waals surface area contributed by atoms with Crippen molar-refractivity contribution in [2.45, 2.75) is 39.8 Å². The highest BCUT2D eigenvalue weighted by molar-refractivity contribution is 7.07. The van der Waals surface area contributed by atoms with Crippen molar-refractivity contribution in [2.75, 3.05) is 6.61 Å². The minimum Gasteiger partial charge on any atom is -0.485 e. The van der Waals surface area contributed by atoms with Crippen molar-refractivity contribution < 1.29 is 23.8 Å². The van der Waals surface area contributed by atoms with Crippen LogP contribution in [0.2, 0.25) is 0 Å². The Bertz CT molecular complexity index is 1680. The average molecular weight is 531 g/mol. The second kappa shape index (κ2) is 10.3. The molecule has 0 spiro atoms. The molecule has 0 saturated heterocycles. The van der Waals surface area contributed by atoms with Crippen LogP contribution in [0.3, 0.4) is 0 Å². The summed E-state index contributed by atoms with van der Waals surface area (Å²) in [6.07, 6.45) is 3.60. The Hall–Kier alpha value is -4.24. The number of hydrogen-bond donors (Lipinski definition) is 0. The van der Waals surface area contributed by atoms with E-state index in [2.05, 4.69) is 4.99 Å². The third kappa shape index (κ3) is 4.72. The number of benzene rings is 2. The fourth-order valence-corrected chi connectivity index (χ4v) is 5.61. The lowest BCUT2D eigenvalue weighted by Gasteiger charge is -2.24. The summed E-state index contributed by atoms with van der Waals surface area (Å²) in [6, 6.07) is 13.7. The molecule has 0 aliphatic carbocycles. The Balaban J connectivity index is 1.66. The Morgan fingerprint density at radius 1 is 1.16 bits per heavy atom. The number of nitrogens with zero attached hydrogens (tertiary/aromatic N) is 2. The van der Waals surface area contributed by atoms with Crippen molar-refractivity contribution in [1.82, 2.24) is 4.57 Å². The van der Waals surface area contributed by atoms with E-state index in [1.54, 1.807) is 38.1 Å². The number of ether oxygens (including phenoxy) is 3. The van der Waals surface area contributed by atoms with Crippen LogP contribution in [0.15, 0.2) is 75.2 Å². The van der Waals surface area contributed by atoms with E-state index < -0.39 is 18.0 Å². The van der Waals surface area contributed by atoms with Gasteiger partial charge < -0.3 is 14.2 Å². The summed E-state index contributed by atoms with van der Waals surface area (Å²) >= 11 is 1.26. The van der Waals surface area contributed by atoms with Gasteiger partial charge in [0.2, 0.25) is 0 Å². The van der Waals surface area contributed by atoms with E-state index >= 15 is 0 Å². The number of fused-ring (bicyclic) bond motifs is 2. The first-order valence-corrected chi connectivity index (χ1v) is 13.0. The molecule has 0 saturated carbocycles. The molecule has 0 radical (unpaired) electrons. The monoisotopic (exact) mass is 530 g/mol. The molecule has 2 aliphatic rings. The Kier molecular flexibility index (Phi) is 6.86. The number of rotatable bonds is 5. The molecule has 0 unspecified atom stereocenters. The fourth-order valence-electron chi connectivity index (χ4n) is 4.56. The maximum absolute atomic E-state index is 13.8. The quantitative estimate of drug-likeness (QED) is 0.370. The van der Waals surface area contributed by atoms with E-state index in [9.17, 15) is 14.4 Å². The zero-order valence-corrected chi connectivity index (χ0v) is 22.2. The zero-order valence-electron chi connectivity index (χ0n) is 21.4. The van der Waals surface area contributed by atoms with Crippen LogP contribution in [0.1, 0.15) is 44.9 Å². The van der Waals surface area contributed by atoms with Crippen molar-refractivity contribution in [3.05, 3.63) is 96.2 Å². The standard InChI is InChI=1S/C29H26N2O6S/c1-5-35-28(34)25-16(2)30-29-31(26(25)19-10-12-22(13-11-19)37-18(4)32)27(33)24(38-29)15-21-14-20-8-6-7-9-23(20)36-17(21)3/h6-15,17,26H,5H2,1-4H3/b24-15-/t17-,26+/m0/s1. The third-order valence-electron chi connectivity index (χ3n) is 6.29. The molecule has 38 heavy (non-hydrogen) atoms. The summed E-state index contributed by atoms with van der Waals surface area (Å²) in [5.41, 5.74) is 2.95. The third-order valence-corrected chi connectivity index (χ3v) is 7.27. The lowest BCUT2D eigenvalue weighted by molar-refractivity contribution is -0.139. The van der Waals surface area contributed by atoms with E-state index in [-0.39, 0.29) is 23.8 Å². The van der Waals surface area contributed by atoms with Crippen LogP contribution in [0.4, 0.5) is 0 Å². The molecule has 9 heteroatoms. The van der Waals surface area contributed by atoms with Gasteiger partial charge in [-0.1, -0.05) is 41.7 Å². The number of hydrogen-bond acceptors (Lipinski definition) is 8. The minimum absolute atomic E-state index is 0.186. The molecule has 0 amide bonds. The fraction of sp³-hybridized carbons (Fsp3) is 0.241. The van der Waals surface area contributed by atoms with Gasteiger partial charge in [0.15, 0.2) is 4.80 Å². The molecule has 8 nitrogen and oxygen atoms in total. The van der Waals surface area contributed by atoms with E-state index in [1.165, 1.54) is 22.8 Å². The SMILES string of the molecule is CCOC(=O)C1=C(C)N=c2s/c(=C\C3=Cc4ccccc4O[C@H]3C)c(=O)n2[C@@H]1c1ccc(OC(C)=O)cc1. The summed E-state index contributed by atoms with van der Waals surface area (Å²) in [6.45, 7) is 6.91. The molecule has 0 N–H and O–H groups in total. The van der Waals surface area contributed by atoms with Crippen LogP contribution in [0.5, 0.6) is 11.5 Å². The molecule has 5 rings (SSSR count). The summed E-state index contributed by atoms with van der Waals surface area (Å²) in [5, 5.41) is 0. The van der Waals surface area contributed by atoms with Crippen LogP contribution < -0.4 is 24.4 Å². The van der Waals surface area contributed by atoms with E-state index in [0.717, 1.165) is 16.9 Å². The largest absolute Gasteiger partial charge is 0.485 e. The van der Waals surface area contributed by atoms with Crippen LogP contribution in [-0.2, 0) is 14.3 Å². The number of carbonyl (C=O) groups is 2. The molecule has 194 valence electrons. The van der Waals surface area contributed by atoms with Gasteiger partial charge in [0.05, 0.1) is 28.5 Å². The van der Waals surface area contributed by atoms with Gasteiger partial charge in [0.25, 0.3) is 5.56 Å². The number of carbonyl (C=O) groups excluding carboxylic acids is 2. The molecule has 2 atom stereocenters. The molecular weight excluding hydrogens is 504 g/mol. The molecule has 3 aromatic rings. The van der Waals surface area contributed by atoms with Crippen molar-refractivity contribution >= 4 is 35.4 Å². The first kappa shape index (κ1) is 25.4. The first-order chi connectivity index (χ1) is 18.3. The second-order valence-electron chi connectivity index (χ2n) is 8.91. The smallest absolute Gasteiger partial charge is 0.338 e. The number of esters is 2. The molecule has 0 fully saturated rings. The highest BCUT2D eigenvalue weighted by Crippen LogP contribution is 2.32. The number of thiazole rings is 1. The van der Waals surface area contributed by atoms with Crippen molar-refractivity contribution in [1.29, 1.82) is 0 Å². The van der Waals surface area contributed by atoms with Gasteiger partial charge in [-0.25, -0.2) is 9.79 Å². The van der Waals surface area contributed by atoms with E-state index in [4.69, 9.17) is 14.2 Å². The summed E-state index contributed by atoms with van der Waals surface area (Å²) < 4.78 is 18.5.